The van der Waals surface area contributed by atoms with Crippen molar-refractivity contribution in [1.82, 2.24) is 4.98 Å². The average Bonchev–Trinajstić information content (AvgIpc) is 3.26. The first kappa shape index (κ1) is 23.3. The summed E-state index contributed by atoms with van der Waals surface area (Å²) in [5.41, 5.74) is -2.88. The average molecular weight is 540 g/mol. The van der Waals surface area contributed by atoms with Crippen molar-refractivity contribution in [3.63, 3.8) is 0 Å². The number of nitrogens with zero attached hydrogens (tertiary/aromatic N) is 1. The molecule has 8 nitrogen and oxygen atoms in total. The minimum atomic E-state index is -2.32. The molecule has 1 aliphatic carbocycles. The summed E-state index contributed by atoms with van der Waals surface area (Å²) in [4.78, 5) is 31.5. The molecule has 0 amide bonds. The van der Waals surface area contributed by atoms with Crippen LogP contribution in [0.25, 0.3) is 0 Å². The molecule has 1 aliphatic heterocycles. The molecule has 9 heteroatoms. The maximum Gasteiger partial charge on any atom is 0.317 e. The van der Waals surface area contributed by atoms with Gasteiger partial charge in [-0.1, -0.05) is 58.4 Å². The third kappa shape index (κ3) is 3.04. The van der Waals surface area contributed by atoms with E-state index < -0.39 is 34.8 Å². The van der Waals surface area contributed by atoms with E-state index in [1.807, 2.05) is 6.07 Å². The number of benzene rings is 2. The number of hydrogen-bond donors (Lipinski definition) is 1. The maximum absolute atomic E-state index is 14.2. The minimum Gasteiger partial charge on any atom is -0.481 e. The number of ketones is 1. The van der Waals surface area contributed by atoms with E-state index >= 15 is 0 Å². The predicted octanol–water partition coefficient (Wildman–Crippen LogP) is 3.49. The quantitative estimate of drug-likeness (QED) is 0.388. The second-order valence-electron chi connectivity index (χ2n) is 8.36. The number of fused-ring (bicyclic) bond motifs is 3. The van der Waals surface area contributed by atoms with Crippen LogP contribution >= 0.6 is 15.9 Å². The van der Waals surface area contributed by atoms with Crippen molar-refractivity contribution in [2.45, 2.75) is 17.1 Å². The molecule has 2 heterocycles. The number of ether oxygens (including phenoxy) is 4. The monoisotopic (exact) mass is 539 g/mol. The number of Topliss-reactive ketones (excluding diaryl/α,β-unsaturated/α-hetero) is 1. The number of aromatic nitrogens is 1. The van der Waals surface area contributed by atoms with Gasteiger partial charge in [-0.15, -0.1) is 0 Å². The number of pyridine rings is 1. The smallest absolute Gasteiger partial charge is 0.317 e. The number of aliphatic hydroxyl groups is 1. The molecule has 0 unspecified atom stereocenters. The number of carbonyl (C=O) groups is 2. The van der Waals surface area contributed by atoms with Crippen molar-refractivity contribution in [1.29, 1.82) is 0 Å². The first-order valence-corrected chi connectivity index (χ1v) is 11.6. The van der Waals surface area contributed by atoms with Crippen molar-refractivity contribution >= 4 is 27.7 Å². The number of hydrogen-bond acceptors (Lipinski definition) is 8. The fraction of sp³-hybridized carbons (Fsp3) is 0.269. The predicted molar refractivity (Wildman–Crippen MR) is 127 cm³/mol. The zero-order chi connectivity index (χ0) is 25.0. The number of halogens is 1. The topological polar surface area (TPSA) is 104 Å². The molecule has 4 atom stereocenters. The Morgan fingerprint density at radius 1 is 1.06 bits per heavy atom. The molecular weight excluding hydrogens is 518 g/mol. The molecule has 180 valence electrons. The van der Waals surface area contributed by atoms with Crippen LogP contribution in [-0.4, -0.2) is 43.2 Å². The summed E-state index contributed by atoms with van der Waals surface area (Å²) in [5.74, 6) is -3.49. The van der Waals surface area contributed by atoms with Gasteiger partial charge in [0.2, 0.25) is 17.4 Å². The fourth-order valence-electron chi connectivity index (χ4n) is 5.39. The van der Waals surface area contributed by atoms with Crippen molar-refractivity contribution in [3.8, 4) is 17.5 Å². The Hall–Kier alpha value is -3.43. The summed E-state index contributed by atoms with van der Waals surface area (Å²) in [6.07, 6.45) is 0. The first-order valence-electron chi connectivity index (χ1n) is 10.8. The van der Waals surface area contributed by atoms with Crippen molar-refractivity contribution in [3.05, 3.63) is 81.8 Å². The Bertz CT molecular complexity index is 1310. The maximum atomic E-state index is 14.2. The molecule has 0 saturated heterocycles. The Labute approximate surface area is 209 Å². The van der Waals surface area contributed by atoms with Crippen LogP contribution in [0.15, 0.2) is 65.1 Å². The molecule has 1 N–H and O–H groups in total. The molecule has 0 bridgehead atoms. The van der Waals surface area contributed by atoms with Gasteiger partial charge in [-0.3, -0.25) is 9.59 Å². The van der Waals surface area contributed by atoms with E-state index in [0.717, 1.165) is 4.47 Å². The summed E-state index contributed by atoms with van der Waals surface area (Å²) in [5, 5.41) is 12.5. The van der Waals surface area contributed by atoms with Gasteiger partial charge in [-0.2, -0.15) is 4.98 Å². The first-order chi connectivity index (χ1) is 16.8. The van der Waals surface area contributed by atoms with Crippen LogP contribution in [0.3, 0.4) is 0 Å². The molecule has 0 spiro atoms. The highest BCUT2D eigenvalue weighted by molar-refractivity contribution is 9.10. The lowest BCUT2D eigenvalue weighted by Crippen LogP contribution is -2.50. The Balaban J connectivity index is 1.90. The summed E-state index contributed by atoms with van der Waals surface area (Å²) < 4.78 is 23.2. The van der Waals surface area contributed by atoms with Gasteiger partial charge in [-0.05, 0) is 23.3 Å². The van der Waals surface area contributed by atoms with Gasteiger partial charge in [0, 0.05) is 10.5 Å². The van der Waals surface area contributed by atoms with E-state index in [9.17, 15) is 14.7 Å². The highest BCUT2D eigenvalue weighted by atomic mass is 79.9. The number of rotatable bonds is 5. The lowest BCUT2D eigenvalue weighted by molar-refractivity contribution is -0.155. The van der Waals surface area contributed by atoms with Gasteiger partial charge in [0.15, 0.2) is 11.4 Å². The van der Waals surface area contributed by atoms with Gasteiger partial charge in [0.25, 0.3) is 0 Å². The fourth-order valence-corrected chi connectivity index (χ4v) is 5.65. The number of methoxy groups -OCH3 is 3. The van der Waals surface area contributed by atoms with Gasteiger partial charge in [0.1, 0.15) is 17.2 Å². The lowest BCUT2D eigenvalue weighted by Gasteiger charge is -2.39. The highest BCUT2D eigenvalue weighted by Crippen LogP contribution is 2.68. The summed E-state index contributed by atoms with van der Waals surface area (Å²) in [7, 11) is 4.02. The second-order valence-corrected chi connectivity index (χ2v) is 9.27. The largest absolute Gasteiger partial charge is 0.481 e. The third-order valence-electron chi connectivity index (χ3n) is 6.80. The van der Waals surface area contributed by atoms with Crippen molar-refractivity contribution in [2.75, 3.05) is 21.3 Å². The minimum absolute atomic E-state index is 0.0356. The van der Waals surface area contributed by atoms with E-state index in [-0.39, 0.29) is 23.1 Å². The molecular formula is C26H22BrNO7. The van der Waals surface area contributed by atoms with E-state index in [2.05, 4.69) is 20.9 Å². The van der Waals surface area contributed by atoms with Crippen LogP contribution < -0.4 is 14.2 Å². The summed E-state index contributed by atoms with van der Waals surface area (Å²) >= 11 is 3.44. The second kappa shape index (κ2) is 8.35. The van der Waals surface area contributed by atoms with Crippen LogP contribution in [0.1, 0.15) is 22.6 Å². The molecule has 1 fully saturated rings. The van der Waals surface area contributed by atoms with E-state index in [1.54, 1.807) is 48.5 Å². The van der Waals surface area contributed by atoms with Crippen LogP contribution in [0.4, 0.5) is 0 Å². The van der Waals surface area contributed by atoms with E-state index in [0.29, 0.717) is 11.1 Å². The molecule has 1 aromatic heterocycles. The molecule has 2 aliphatic rings. The Morgan fingerprint density at radius 3 is 2.34 bits per heavy atom. The Morgan fingerprint density at radius 2 is 1.74 bits per heavy atom. The zero-order valence-corrected chi connectivity index (χ0v) is 20.7. The summed E-state index contributed by atoms with van der Waals surface area (Å²) in [6, 6.07) is 17.6. The molecule has 5 rings (SSSR count). The van der Waals surface area contributed by atoms with Gasteiger partial charge < -0.3 is 24.1 Å². The summed E-state index contributed by atoms with van der Waals surface area (Å²) in [6.45, 7) is 0. The SMILES string of the molecule is COC(=O)[C@H]1C(=O)[C@@]2(O)c3c(cc(OC)nc3OC)O[C@@]2(c2ccc(Br)cc2)[C@@H]1c1ccccc1. The third-order valence-corrected chi connectivity index (χ3v) is 7.33. The number of esters is 1. The van der Waals surface area contributed by atoms with Gasteiger partial charge >= 0.3 is 5.97 Å². The molecule has 35 heavy (non-hydrogen) atoms. The van der Waals surface area contributed by atoms with Crippen LogP contribution in [0, 0.1) is 5.92 Å². The lowest BCUT2D eigenvalue weighted by atomic mass is 9.71. The van der Waals surface area contributed by atoms with Crippen LogP contribution in [0.2, 0.25) is 0 Å². The highest BCUT2D eigenvalue weighted by Gasteiger charge is 2.79. The Kier molecular flexibility index (Phi) is 5.56. The van der Waals surface area contributed by atoms with Crippen molar-refractivity contribution < 1.29 is 33.6 Å². The molecule has 1 saturated carbocycles. The molecule has 0 radical (unpaired) electrons. The van der Waals surface area contributed by atoms with Crippen molar-refractivity contribution in [2.24, 2.45) is 5.92 Å². The van der Waals surface area contributed by atoms with Crippen LogP contribution in [0.5, 0.6) is 17.5 Å². The molecule has 2 aromatic carbocycles. The van der Waals surface area contributed by atoms with Gasteiger partial charge in [-0.25, -0.2) is 0 Å². The zero-order valence-electron chi connectivity index (χ0n) is 19.2. The van der Waals surface area contributed by atoms with E-state index in [4.69, 9.17) is 18.9 Å². The number of carbonyl (C=O) groups excluding carboxylic acids is 2. The van der Waals surface area contributed by atoms with E-state index in [1.165, 1.54) is 27.4 Å². The standard InChI is InChI=1S/C26H22BrNO7/c1-32-18-13-17-21(23(28-18)33-2)25(31)22(29)19(24(30)34-3)20(14-7-5-4-6-8-14)26(25,35-17)15-9-11-16(27)12-10-15/h4-13,19-20,31H,1-3H3/t19-,20-,25+,26+/m1/s1. The van der Waals surface area contributed by atoms with Gasteiger partial charge in [0.05, 0.1) is 27.2 Å². The molecule has 3 aromatic rings. The normalized spacial score (nSPS) is 26.5. The van der Waals surface area contributed by atoms with Crippen LogP contribution in [-0.2, 0) is 25.5 Å².